The zero-order valence-electron chi connectivity index (χ0n) is 11.6. The van der Waals surface area contributed by atoms with E-state index in [1.54, 1.807) is 0 Å². The van der Waals surface area contributed by atoms with Crippen LogP contribution in [0.25, 0.3) is 11.6 Å². The standard InChI is InChI=1S/C19H17N/c1-20-13-12-15-7-3-5-9-17(15)19-16-8-4-2-6-14(16)10-11-18(19)20/h2-9,12-13H,10-11H2,1H3. The lowest BCUT2D eigenvalue weighted by Crippen LogP contribution is -2.16. The summed E-state index contributed by atoms with van der Waals surface area (Å²) in [5, 5.41) is 0. The summed E-state index contributed by atoms with van der Waals surface area (Å²) in [5.74, 6) is 0. The molecule has 0 amide bonds. The van der Waals surface area contributed by atoms with Crippen molar-refractivity contribution >= 4 is 11.6 Å². The fraction of sp³-hybridized carbons (Fsp3) is 0.158. The van der Waals surface area contributed by atoms with Crippen molar-refractivity contribution in [2.75, 3.05) is 7.05 Å². The highest BCUT2D eigenvalue weighted by Crippen LogP contribution is 2.40. The Morgan fingerprint density at radius 3 is 2.50 bits per heavy atom. The van der Waals surface area contributed by atoms with Crippen LogP contribution in [0.3, 0.4) is 0 Å². The van der Waals surface area contributed by atoms with Gasteiger partial charge in [-0.15, -0.1) is 0 Å². The summed E-state index contributed by atoms with van der Waals surface area (Å²) in [5.41, 5.74) is 8.38. The Balaban J connectivity index is 2.06. The van der Waals surface area contributed by atoms with Gasteiger partial charge in [-0.25, -0.2) is 0 Å². The predicted octanol–water partition coefficient (Wildman–Crippen LogP) is 4.31. The Kier molecular flexibility index (Phi) is 2.53. The van der Waals surface area contributed by atoms with E-state index in [4.69, 9.17) is 0 Å². The Morgan fingerprint density at radius 2 is 1.60 bits per heavy atom. The Labute approximate surface area is 119 Å². The van der Waals surface area contributed by atoms with Gasteiger partial charge in [0.05, 0.1) is 0 Å². The number of allylic oxidation sites excluding steroid dienone is 1. The van der Waals surface area contributed by atoms with Crippen molar-refractivity contribution in [1.82, 2.24) is 4.90 Å². The van der Waals surface area contributed by atoms with Crippen molar-refractivity contribution in [3.63, 3.8) is 0 Å². The van der Waals surface area contributed by atoms with Gasteiger partial charge < -0.3 is 4.90 Å². The summed E-state index contributed by atoms with van der Waals surface area (Å²) < 4.78 is 0. The Morgan fingerprint density at radius 1 is 0.850 bits per heavy atom. The van der Waals surface area contributed by atoms with Crippen molar-refractivity contribution in [3.8, 4) is 0 Å². The molecule has 0 aromatic heterocycles. The van der Waals surface area contributed by atoms with Crippen LogP contribution in [0.1, 0.15) is 28.7 Å². The predicted molar refractivity (Wildman–Crippen MR) is 84.0 cm³/mol. The first-order valence-electron chi connectivity index (χ1n) is 7.16. The van der Waals surface area contributed by atoms with Crippen LogP contribution in [0, 0.1) is 0 Å². The smallest absolute Gasteiger partial charge is 0.0259 e. The number of benzene rings is 2. The molecule has 0 radical (unpaired) electrons. The minimum atomic E-state index is 1.11. The van der Waals surface area contributed by atoms with Crippen LogP contribution in [0.4, 0.5) is 0 Å². The maximum Gasteiger partial charge on any atom is 0.0259 e. The van der Waals surface area contributed by atoms with E-state index in [1.165, 1.54) is 33.5 Å². The van der Waals surface area contributed by atoms with E-state index in [2.05, 4.69) is 72.8 Å². The molecule has 1 nitrogen and oxygen atoms in total. The number of fused-ring (bicyclic) bond motifs is 4. The SMILES string of the molecule is CN1C=Cc2ccccc2C2=C1CCc1ccccc12. The molecule has 0 unspecified atom stereocenters. The Bertz CT molecular complexity index is 737. The number of rotatable bonds is 0. The number of aryl methyl sites for hydroxylation is 1. The molecule has 0 fully saturated rings. The zero-order chi connectivity index (χ0) is 13.5. The molecule has 0 saturated heterocycles. The molecular weight excluding hydrogens is 242 g/mol. The molecule has 0 saturated carbocycles. The highest BCUT2D eigenvalue weighted by atomic mass is 15.1. The van der Waals surface area contributed by atoms with Gasteiger partial charge in [0.2, 0.25) is 0 Å². The van der Waals surface area contributed by atoms with Crippen molar-refractivity contribution in [1.29, 1.82) is 0 Å². The molecule has 20 heavy (non-hydrogen) atoms. The molecule has 0 N–H and O–H groups in total. The second-order valence-electron chi connectivity index (χ2n) is 5.49. The molecule has 4 rings (SSSR count). The van der Waals surface area contributed by atoms with Crippen molar-refractivity contribution in [2.45, 2.75) is 12.8 Å². The molecule has 2 aromatic carbocycles. The number of nitrogens with zero attached hydrogens (tertiary/aromatic N) is 1. The van der Waals surface area contributed by atoms with Gasteiger partial charge in [-0.1, -0.05) is 48.5 Å². The molecule has 0 spiro atoms. The summed E-state index contributed by atoms with van der Waals surface area (Å²) in [7, 11) is 2.16. The number of hydrogen-bond acceptors (Lipinski definition) is 1. The van der Waals surface area contributed by atoms with Gasteiger partial charge >= 0.3 is 0 Å². The fourth-order valence-corrected chi connectivity index (χ4v) is 3.32. The van der Waals surface area contributed by atoms with Crippen molar-refractivity contribution < 1.29 is 0 Å². The maximum absolute atomic E-state index is 2.28. The lowest BCUT2D eigenvalue weighted by molar-refractivity contribution is 0.540. The molecule has 1 heterocycles. The minimum Gasteiger partial charge on any atom is -0.354 e. The third-order valence-electron chi connectivity index (χ3n) is 4.34. The van der Waals surface area contributed by atoms with Crippen LogP contribution in [0.15, 0.2) is 60.4 Å². The van der Waals surface area contributed by atoms with Crippen LogP contribution < -0.4 is 0 Å². The van der Waals surface area contributed by atoms with Gasteiger partial charge in [0.1, 0.15) is 0 Å². The van der Waals surface area contributed by atoms with E-state index in [9.17, 15) is 0 Å². The Hall–Kier alpha value is -2.28. The van der Waals surface area contributed by atoms with Crippen molar-refractivity contribution in [2.24, 2.45) is 0 Å². The quantitative estimate of drug-likeness (QED) is 0.681. The second kappa shape index (κ2) is 4.38. The van der Waals surface area contributed by atoms with Crippen LogP contribution >= 0.6 is 0 Å². The van der Waals surface area contributed by atoms with Gasteiger partial charge in [0.15, 0.2) is 0 Å². The van der Waals surface area contributed by atoms with E-state index in [0.717, 1.165) is 12.8 Å². The summed E-state index contributed by atoms with van der Waals surface area (Å²) in [6.45, 7) is 0. The molecule has 0 bridgehead atoms. The van der Waals surface area contributed by atoms with Crippen LogP contribution in [0.5, 0.6) is 0 Å². The van der Waals surface area contributed by atoms with Crippen LogP contribution in [-0.4, -0.2) is 11.9 Å². The molecule has 1 aliphatic carbocycles. The first kappa shape index (κ1) is 11.5. The lowest BCUT2D eigenvalue weighted by atomic mass is 9.83. The average molecular weight is 259 g/mol. The van der Waals surface area contributed by atoms with E-state index >= 15 is 0 Å². The minimum absolute atomic E-state index is 1.11. The van der Waals surface area contributed by atoms with Gasteiger partial charge in [0, 0.05) is 24.5 Å². The molecule has 2 aliphatic rings. The monoisotopic (exact) mass is 259 g/mol. The zero-order valence-corrected chi connectivity index (χ0v) is 11.6. The average Bonchev–Trinajstić information content (AvgIpc) is 2.65. The topological polar surface area (TPSA) is 3.24 Å². The van der Waals surface area contributed by atoms with E-state index < -0.39 is 0 Å². The third-order valence-corrected chi connectivity index (χ3v) is 4.34. The number of hydrogen-bond donors (Lipinski definition) is 0. The van der Waals surface area contributed by atoms with Gasteiger partial charge in [-0.3, -0.25) is 0 Å². The third kappa shape index (κ3) is 1.63. The summed E-state index contributed by atoms with van der Waals surface area (Å²) in [6, 6.07) is 17.5. The summed E-state index contributed by atoms with van der Waals surface area (Å²) in [6.07, 6.45) is 6.66. The van der Waals surface area contributed by atoms with Gasteiger partial charge in [-0.05, 0) is 41.2 Å². The highest BCUT2D eigenvalue weighted by Gasteiger charge is 2.24. The molecular formula is C19H17N. The van der Waals surface area contributed by atoms with Gasteiger partial charge in [0.25, 0.3) is 0 Å². The van der Waals surface area contributed by atoms with E-state index in [1.807, 2.05) is 0 Å². The molecule has 2 aromatic rings. The van der Waals surface area contributed by atoms with E-state index in [-0.39, 0.29) is 0 Å². The van der Waals surface area contributed by atoms with Gasteiger partial charge in [-0.2, -0.15) is 0 Å². The molecule has 0 atom stereocenters. The lowest BCUT2D eigenvalue weighted by Gasteiger charge is -2.28. The first-order valence-corrected chi connectivity index (χ1v) is 7.16. The molecule has 1 aliphatic heterocycles. The van der Waals surface area contributed by atoms with Crippen LogP contribution in [-0.2, 0) is 6.42 Å². The normalized spacial score (nSPS) is 16.4. The summed E-state index contributed by atoms with van der Waals surface area (Å²) in [4.78, 5) is 2.28. The molecule has 1 heteroatoms. The molecule has 98 valence electrons. The highest BCUT2D eigenvalue weighted by molar-refractivity contribution is 5.89. The van der Waals surface area contributed by atoms with Crippen LogP contribution in [0.2, 0.25) is 0 Å². The second-order valence-corrected chi connectivity index (χ2v) is 5.49. The maximum atomic E-state index is 2.28. The van der Waals surface area contributed by atoms with Crippen molar-refractivity contribution in [3.05, 3.63) is 82.7 Å². The fourth-order valence-electron chi connectivity index (χ4n) is 3.32. The largest absolute Gasteiger partial charge is 0.354 e. The first-order chi connectivity index (χ1) is 9.84. The summed E-state index contributed by atoms with van der Waals surface area (Å²) >= 11 is 0. The van der Waals surface area contributed by atoms with E-state index in [0.29, 0.717) is 0 Å².